The Morgan fingerprint density at radius 1 is 1.16 bits per heavy atom. The number of anilines is 1. The van der Waals surface area contributed by atoms with Gasteiger partial charge in [-0.15, -0.1) is 0 Å². The van der Waals surface area contributed by atoms with Gasteiger partial charge in [0.1, 0.15) is 5.82 Å². The number of aromatic nitrogens is 1. The van der Waals surface area contributed by atoms with Gasteiger partial charge in [0.05, 0.1) is 0 Å². The number of carbonyl (C=O) groups excluding carboxylic acids is 1. The Morgan fingerprint density at radius 3 is 2.52 bits per heavy atom. The van der Waals surface area contributed by atoms with Crippen LogP contribution in [0.4, 0.5) is 10.6 Å². The normalized spacial score (nSPS) is 15.7. The fraction of sp³-hybridized carbons (Fsp3) is 0.400. The number of urea groups is 1. The van der Waals surface area contributed by atoms with Crippen LogP contribution in [0.1, 0.15) is 18.4 Å². The van der Waals surface area contributed by atoms with E-state index in [9.17, 15) is 4.79 Å². The van der Waals surface area contributed by atoms with Crippen molar-refractivity contribution in [1.82, 2.24) is 15.2 Å². The van der Waals surface area contributed by atoms with E-state index in [-0.39, 0.29) is 12.1 Å². The maximum Gasteiger partial charge on any atom is 0.323 e. The standard InChI is InChI=1S/C20H26N4O/c1-21-20(25)24(19-9-5-6-13-22-19)18-11-15-23(16-12-18)14-10-17-7-3-2-4-8-17/h2-9,13,18H,10-12,14-16H2,1H3,(H,21,25). The first-order chi connectivity index (χ1) is 12.3. The van der Waals surface area contributed by atoms with E-state index >= 15 is 0 Å². The van der Waals surface area contributed by atoms with Crippen molar-refractivity contribution < 1.29 is 4.79 Å². The van der Waals surface area contributed by atoms with Crippen LogP contribution in [0, 0.1) is 0 Å². The van der Waals surface area contributed by atoms with E-state index in [1.165, 1.54) is 5.56 Å². The zero-order valence-electron chi connectivity index (χ0n) is 14.8. The van der Waals surface area contributed by atoms with E-state index < -0.39 is 0 Å². The highest BCUT2D eigenvalue weighted by Gasteiger charge is 2.29. The smallest absolute Gasteiger partial charge is 0.323 e. The molecular weight excluding hydrogens is 312 g/mol. The van der Waals surface area contributed by atoms with Crippen molar-refractivity contribution in [3.63, 3.8) is 0 Å². The Bertz CT molecular complexity index is 654. The third kappa shape index (κ3) is 4.57. The molecule has 0 aliphatic carbocycles. The maximum absolute atomic E-state index is 12.4. The van der Waals surface area contributed by atoms with E-state index in [0.717, 1.165) is 44.7 Å². The summed E-state index contributed by atoms with van der Waals surface area (Å²) in [4.78, 5) is 21.0. The first kappa shape index (κ1) is 17.4. The van der Waals surface area contributed by atoms with Crippen LogP contribution in [0.15, 0.2) is 54.7 Å². The minimum Gasteiger partial charge on any atom is -0.341 e. The first-order valence-electron chi connectivity index (χ1n) is 8.96. The number of piperidine rings is 1. The number of amides is 2. The Labute approximate surface area is 149 Å². The molecule has 2 heterocycles. The summed E-state index contributed by atoms with van der Waals surface area (Å²) in [5.74, 6) is 0.726. The van der Waals surface area contributed by atoms with Crippen LogP contribution in [0.5, 0.6) is 0 Å². The molecule has 0 saturated carbocycles. The van der Waals surface area contributed by atoms with Gasteiger partial charge in [0.15, 0.2) is 0 Å². The van der Waals surface area contributed by atoms with Gasteiger partial charge in [0.2, 0.25) is 0 Å². The fourth-order valence-electron chi connectivity index (χ4n) is 3.41. The third-order valence-electron chi connectivity index (χ3n) is 4.81. The molecule has 1 aliphatic heterocycles. The van der Waals surface area contributed by atoms with Crippen molar-refractivity contribution in [3.05, 3.63) is 60.3 Å². The number of nitrogens with zero attached hydrogens (tertiary/aromatic N) is 3. The van der Waals surface area contributed by atoms with Gasteiger partial charge >= 0.3 is 6.03 Å². The average molecular weight is 338 g/mol. The molecule has 3 rings (SSSR count). The van der Waals surface area contributed by atoms with Crippen molar-refractivity contribution in [2.45, 2.75) is 25.3 Å². The van der Waals surface area contributed by atoms with Crippen molar-refractivity contribution in [3.8, 4) is 0 Å². The number of hydrogen-bond acceptors (Lipinski definition) is 3. The molecule has 5 nitrogen and oxygen atoms in total. The molecule has 1 aromatic carbocycles. The molecule has 132 valence electrons. The van der Waals surface area contributed by atoms with E-state index in [2.05, 4.69) is 45.5 Å². The summed E-state index contributed by atoms with van der Waals surface area (Å²) in [5, 5.41) is 2.75. The Balaban J connectivity index is 1.57. The SMILES string of the molecule is CNC(=O)N(c1ccccn1)C1CCN(CCc2ccccc2)CC1. The quantitative estimate of drug-likeness (QED) is 0.912. The predicted molar refractivity (Wildman–Crippen MR) is 101 cm³/mol. The topological polar surface area (TPSA) is 48.5 Å². The van der Waals surface area contributed by atoms with Crippen molar-refractivity contribution in [2.24, 2.45) is 0 Å². The lowest BCUT2D eigenvalue weighted by atomic mass is 10.0. The second kappa shape index (κ2) is 8.62. The molecule has 0 atom stereocenters. The predicted octanol–water partition coefficient (Wildman–Crippen LogP) is 2.93. The van der Waals surface area contributed by atoms with Gasteiger partial charge in [-0.2, -0.15) is 0 Å². The van der Waals surface area contributed by atoms with E-state index in [1.807, 2.05) is 23.1 Å². The van der Waals surface area contributed by atoms with Crippen LogP contribution < -0.4 is 10.2 Å². The highest BCUT2D eigenvalue weighted by molar-refractivity contribution is 5.91. The van der Waals surface area contributed by atoms with Gasteiger partial charge in [0.25, 0.3) is 0 Å². The number of rotatable bonds is 5. The number of likely N-dealkylation sites (tertiary alicyclic amines) is 1. The highest BCUT2D eigenvalue weighted by Crippen LogP contribution is 2.22. The molecule has 0 unspecified atom stereocenters. The van der Waals surface area contributed by atoms with Gasteiger partial charge in [-0.3, -0.25) is 4.90 Å². The summed E-state index contributed by atoms with van der Waals surface area (Å²) in [6.45, 7) is 3.09. The van der Waals surface area contributed by atoms with Gasteiger partial charge < -0.3 is 10.2 Å². The van der Waals surface area contributed by atoms with E-state index in [4.69, 9.17) is 0 Å². The van der Waals surface area contributed by atoms with Crippen molar-refractivity contribution in [1.29, 1.82) is 0 Å². The first-order valence-corrected chi connectivity index (χ1v) is 8.96. The number of benzene rings is 1. The molecule has 5 heteroatoms. The minimum absolute atomic E-state index is 0.0820. The lowest BCUT2D eigenvalue weighted by molar-refractivity contribution is 0.205. The Kier molecular flexibility index (Phi) is 6.01. The van der Waals surface area contributed by atoms with Crippen molar-refractivity contribution in [2.75, 3.05) is 31.6 Å². The summed E-state index contributed by atoms with van der Waals surface area (Å²) in [5.41, 5.74) is 1.38. The molecule has 2 amide bonds. The number of nitrogens with one attached hydrogen (secondary N) is 1. The average Bonchev–Trinajstić information content (AvgIpc) is 2.69. The largest absolute Gasteiger partial charge is 0.341 e. The second-order valence-electron chi connectivity index (χ2n) is 6.42. The van der Waals surface area contributed by atoms with Crippen LogP contribution in [-0.2, 0) is 6.42 Å². The zero-order valence-corrected chi connectivity index (χ0v) is 14.8. The maximum atomic E-state index is 12.4. The van der Waals surface area contributed by atoms with Gasteiger partial charge in [0, 0.05) is 38.9 Å². The number of pyridine rings is 1. The monoisotopic (exact) mass is 338 g/mol. The summed E-state index contributed by atoms with van der Waals surface area (Å²) in [6, 6.07) is 16.4. The van der Waals surface area contributed by atoms with Crippen LogP contribution in [-0.4, -0.2) is 48.6 Å². The highest BCUT2D eigenvalue weighted by atomic mass is 16.2. The lowest BCUT2D eigenvalue weighted by Gasteiger charge is -2.37. The molecule has 2 aromatic rings. The van der Waals surface area contributed by atoms with Crippen LogP contribution in [0.3, 0.4) is 0 Å². The molecule has 0 radical (unpaired) electrons. The van der Waals surface area contributed by atoms with Crippen LogP contribution >= 0.6 is 0 Å². The minimum atomic E-state index is -0.0820. The molecule has 25 heavy (non-hydrogen) atoms. The molecule has 1 fully saturated rings. The number of carbonyl (C=O) groups is 1. The van der Waals surface area contributed by atoms with Gasteiger partial charge in [-0.1, -0.05) is 36.4 Å². The molecule has 0 bridgehead atoms. The third-order valence-corrected chi connectivity index (χ3v) is 4.81. The molecule has 1 N–H and O–H groups in total. The summed E-state index contributed by atoms with van der Waals surface area (Å²) < 4.78 is 0. The Hall–Kier alpha value is -2.40. The summed E-state index contributed by atoms with van der Waals surface area (Å²) >= 11 is 0. The van der Waals surface area contributed by atoms with Gasteiger partial charge in [-0.25, -0.2) is 9.78 Å². The van der Waals surface area contributed by atoms with E-state index in [0.29, 0.717) is 0 Å². The lowest BCUT2D eigenvalue weighted by Crippen LogP contribution is -2.51. The zero-order chi connectivity index (χ0) is 17.5. The molecule has 1 saturated heterocycles. The number of hydrogen-bond donors (Lipinski definition) is 1. The molecular formula is C20H26N4O. The van der Waals surface area contributed by atoms with Crippen LogP contribution in [0.2, 0.25) is 0 Å². The molecule has 1 aromatic heterocycles. The Morgan fingerprint density at radius 2 is 1.88 bits per heavy atom. The molecule has 0 spiro atoms. The second-order valence-corrected chi connectivity index (χ2v) is 6.42. The van der Waals surface area contributed by atoms with E-state index in [1.54, 1.807) is 13.2 Å². The molecule has 1 aliphatic rings. The fourth-order valence-corrected chi connectivity index (χ4v) is 3.41. The summed E-state index contributed by atoms with van der Waals surface area (Å²) in [7, 11) is 1.67. The summed E-state index contributed by atoms with van der Waals surface area (Å²) in [6.07, 6.45) is 4.75. The van der Waals surface area contributed by atoms with Gasteiger partial charge in [-0.05, 0) is 37.0 Å². The van der Waals surface area contributed by atoms with Crippen molar-refractivity contribution >= 4 is 11.8 Å². The van der Waals surface area contributed by atoms with Crippen LogP contribution in [0.25, 0.3) is 0 Å².